The van der Waals surface area contributed by atoms with E-state index in [1.165, 1.54) is 24.3 Å². The van der Waals surface area contributed by atoms with Crippen LogP contribution in [0.4, 0.5) is 8.78 Å². The van der Waals surface area contributed by atoms with E-state index < -0.39 is 18.8 Å². The maximum atomic E-state index is 13.3. The van der Waals surface area contributed by atoms with Crippen molar-refractivity contribution in [2.45, 2.75) is 0 Å². The number of nitriles is 2. The first-order valence-corrected chi connectivity index (χ1v) is 10.1. The largest absolute Gasteiger partial charge is 0.488 e. The van der Waals surface area contributed by atoms with Gasteiger partial charge in [0.05, 0.1) is 11.1 Å². The fourth-order valence-electron chi connectivity index (χ4n) is 2.26. The van der Waals surface area contributed by atoms with Crippen LogP contribution in [0.5, 0.6) is 0 Å². The Morgan fingerprint density at radius 2 is 1.26 bits per heavy atom. The van der Waals surface area contributed by atoms with Crippen LogP contribution in [-0.2, 0) is 0 Å². The quantitative estimate of drug-likeness (QED) is 0.302. The molecule has 0 bridgehead atoms. The van der Waals surface area contributed by atoms with E-state index in [0.717, 1.165) is 6.07 Å². The molecule has 0 radical (unpaired) electrons. The predicted octanol–water partition coefficient (Wildman–Crippen LogP) is 2.77. The second-order valence-electron chi connectivity index (χ2n) is 6.12. The van der Waals surface area contributed by atoms with E-state index in [1.807, 2.05) is 0 Å². The normalized spacial score (nSPS) is 9.26. The molecule has 0 fully saturated rings. The zero-order valence-corrected chi connectivity index (χ0v) is 18.8. The number of benzene rings is 2. The van der Waals surface area contributed by atoms with Gasteiger partial charge >= 0.3 is 7.12 Å². The Morgan fingerprint density at radius 3 is 1.68 bits per heavy atom. The molecule has 0 unspecified atom stereocenters. The van der Waals surface area contributed by atoms with Gasteiger partial charge in [-0.3, -0.25) is 0 Å². The lowest BCUT2D eigenvalue weighted by Gasteiger charge is -1.99. The highest BCUT2D eigenvalue weighted by Crippen LogP contribution is 2.17. The molecule has 2 heterocycles. The molecule has 168 valence electrons. The fourth-order valence-corrected chi connectivity index (χ4v) is 2.49. The zero-order valence-electron chi connectivity index (χ0n) is 17.2. The summed E-state index contributed by atoms with van der Waals surface area (Å²) in [5.74, 6) is -0.855. The molecule has 0 atom stereocenters. The van der Waals surface area contributed by atoms with Gasteiger partial charge in [-0.25, -0.2) is 28.7 Å². The molecule has 0 amide bonds. The Kier molecular flexibility index (Phi) is 10.3. The van der Waals surface area contributed by atoms with Gasteiger partial charge in [-0.2, -0.15) is 10.5 Å². The lowest BCUT2D eigenvalue weighted by atomic mass is 9.80. The molecule has 0 saturated heterocycles. The van der Waals surface area contributed by atoms with Crippen molar-refractivity contribution in [3.05, 3.63) is 101 Å². The van der Waals surface area contributed by atoms with E-state index in [-0.39, 0.29) is 16.6 Å². The second-order valence-corrected chi connectivity index (χ2v) is 6.83. The van der Waals surface area contributed by atoms with Gasteiger partial charge in [0.2, 0.25) is 0 Å². The first-order valence-electron chi connectivity index (χ1n) is 9.31. The topological polar surface area (TPSA) is 140 Å². The van der Waals surface area contributed by atoms with Gasteiger partial charge in [0, 0.05) is 30.4 Å². The van der Waals surface area contributed by atoms with Crippen LogP contribution in [0.2, 0.25) is 0 Å². The molecule has 4 aromatic rings. The molecule has 0 aliphatic rings. The maximum Gasteiger partial charge on any atom is 0.488 e. The molecular formula is C22H14BBrF2N6O2. The first-order chi connectivity index (χ1) is 16.3. The van der Waals surface area contributed by atoms with Gasteiger partial charge in [-0.15, -0.1) is 0 Å². The lowest BCUT2D eigenvalue weighted by Crippen LogP contribution is -2.30. The second kappa shape index (κ2) is 13.5. The number of halogens is 3. The van der Waals surface area contributed by atoms with E-state index in [0.29, 0.717) is 16.1 Å². The Balaban J connectivity index is 0.000000192. The van der Waals surface area contributed by atoms with Crippen molar-refractivity contribution in [1.29, 1.82) is 10.5 Å². The standard InChI is InChI=1S/C11H6FN3.C7H5BFNO2.C4H3BrN2/c12-10-6-8(2-3-9(10)7-13)11-14-4-1-5-15-11;9-7-3-6(8(11)12)2-1-5(7)4-10;5-4-6-2-1-3-7-4/h1-6H;1-3,11-12H;1-3H. The van der Waals surface area contributed by atoms with E-state index in [9.17, 15) is 8.78 Å². The third-order valence-corrected chi connectivity index (χ3v) is 4.27. The first kappa shape index (κ1) is 26.2. The van der Waals surface area contributed by atoms with Crippen LogP contribution in [-0.4, -0.2) is 37.1 Å². The summed E-state index contributed by atoms with van der Waals surface area (Å²) in [5, 5.41) is 34.1. The van der Waals surface area contributed by atoms with Crippen molar-refractivity contribution in [2.24, 2.45) is 0 Å². The van der Waals surface area contributed by atoms with Gasteiger partial charge in [0.25, 0.3) is 0 Å². The summed E-state index contributed by atoms with van der Waals surface area (Å²) in [6, 6.07) is 14.5. The van der Waals surface area contributed by atoms with E-state index in [4.69, 9.17) is 20.6 Å². The van der Waals surface area contributed by atoms with Gasteiger partial charge in [0.15, 0.2) is 10.6 Å². The Hall–Kier alpha value is -4.10. The summed E-state index contributed by atoms with van der Waals surface area (Å²) in [6.07, 6.45) is 6.52. The molecule has 0 aliphatic carbocycles. The number of hydrogen-bond acceptors (Lipinski definition) is 8. The molecule has 34 heavy (non-hydrogen) atoms. The molecule has 0 saturated carbocycles. The fraction of sp³-hybridized carbons (Fsp3) is 0. The lowest BCUT2D eigenvalue weighted by molar-refractivity contribution is 0.425. The maximum absolute atomic E-state index is 13.3. The van der Waals surface area contributed by atoms with Crippen LogP contribution in [0.25, 0.3) is 11.4 Å². The van der Waals surface area contributed by atoms with Crippen molar-refractivity contribution in [3.8, 4) is 23.5 Å². The Bertz CT molecular complexity index is 1300. The molecule has 0 spiro atoms. The zero-order chi connectivity index (χ0) is 24.9. The van der Waals surface area contributed by atoms with Crippen LogP contribution in [0, 0.1) is 34.3 Å². The molecule has 8 nitrogen and oxygen atoms in total. The van der Waals surface area contributed by atoms with Gasteiger partial charge in [-0.1, -0.05) is 6.07 Å². The van der Waals surface area contributed by atoms with Crippen molar-refractivity contribution >= 4 is 28.5 Å². The number of nitrogens with zero attached hydrogens (tertiary/aromatic N) is 6. The molecule has 0 aliphatic heterocycles. The summed E-state index contributed by atoms with van der Waals surface area (Å²) >= 11 is 3.09. The van der Waals surface area contributed by atoms with Crippen LogP contribution in [0.3, 0.4) is 0 Å². The summed E-state index contributed by atoms with van der Waals surface area (Å²) in [5.41, 5.74) is 0.507. The summed E-state index contributed by atoms with van der Waals surface area (Å²) in [7, 11) is -1.70. The highest BCUT2D eigenvalue weighted by molar-refractivity contribution is 9.10. The average Bonchev–Trinajstić information content (AvgIpc) is 2.85. The summed E-state index contributed by atoms with van der Waals surface area (Å²) in [6.45, 7) is 0. The van der Waals surface area contributed by atoms with Crippen molar-refractivity contribution in [1.82, 2.24) is 19.9 Å². The third kappa shape index (κ3) is 8.11. The summed E-state index contributed by atoms with van der Waals surface area (Å²) in [4.78, 5) is 15.5. The minimum atomic E-state index is -1.70. The Labute approximate surface area is 202 Å². The van der Waals surface area contributed by atoms with E-state index >= 15 is 0 Å². The van der Waals surface area contributed by atoms with Gasteiger partial charge in [0.1, 0.15) is 23.8 Å². The molecule has 12 heteroatoms. The highest BCUT2D eigenvalue weighted by atomic mass is 79.9. The van der Waals surface area contributed by atoms with Crippen LogP contribution in [0.1, 0.15) is 11.1 Å². The highest BCUT2D eigenvalue weighted by Gasteiger charge is 2.12. The van der Waals surface area contributed by atoms with Gasteiger partial charge in [-0.05, 0) is 63.9 Å². The predicted molar refractivity (Wildman–Crippen MR) is 123 cm³/mol. The molecule has 2 aromatic heterocycles. The van der Waals surface area contributed by atoms with E-state index in [1.54, 1.807) is 55.1 Å². The number of hydrogen-bond donors (Lipinski definition) is 2. The van der Waals surface area contributed by atoms with Crippen LogP contribution < -0.4 is 5.46 Å². The molecule has 2 N–H and O–H groups in total. The summed E-state index contributed by atoms with van der Waals surface area (Å²) < 4.78 is 26.7. The van der Waals surface area contributed by atoms with Crippen molar-refractivity contribution in [3.63, 3.8) is 0 Å². The van der Waals surface area contributed by atoms with Gasteiger partial charge < -0.3 is 10.0 Å². The van der Waals surface area contributed by atoms with Crippen molar-refractivity contribution < 1.29 is 18.8 Å². The monoisotopic (exact) mass is 522 g/mol. The van der Waals surface area contributed by atoms with E-state index in [2.05, 4.69) is 35.9 Å². The molecule has 2 aromatic carbocycles. The minimum Gasteiger partial charge on any atom is -0.423 e. The third-order valence-electron chi connectivity index (χ3n) is 3.86. The molecular weight excluding hydrogens is 509 g/mol. The number of rotatable bonds is 2. The average molecular weight is 523 g/mol. The Morgan fingerprint density at radius 1 is 0.765 bits per heavy atom. The molecule has 4 rings (SSSR count). The minimum absolute atomic E-state index is 0.0229. The number of aromatic nitrogens is 4. The van der Waals surface area contributed by atoms with Crippen LogP contribution >= 0.6 is 15.9 Å². The van der Waals surface area contributed by atoms with Crippen LogP contribution in [0.15, 0.2) is 78.1 Å². The smallest absolute Gasteiger partial charge is 0.423 e. The van der Waals surface area contributed by atoms with Crippen molar-refractivity contribution in [2.75, 3.05) is 0 Å². The SMILES string of the molecule is Brc1ncccn1.N#Cc1ccc(-c2ncccn2)cc1F.N#Cc1ccc(B(O)O)cc1F.